The predicted molar refractivity (Wildman–Crippen MR) is 114 cm³/mol. The zero-order valence-electron chi connectivity index (χ0n) is 16.5. The lowest BCUT2D eigenvalue weighted by atomic mass is 10.1. The first-order valence-corrected chi connectivity index (χ1v) is 10.2. The number of hydrogen-bond acceptors (Lipinski definition) is 3. The van der Waals surface area contributed by atoms with Gasteiger partial charge in [0.1, 0.15) is 0 Å². The van der Waals surface area contributed by atoms with Crippen LogP contribution in [0.25, 0.3) is 0 Å². The van der Waals surface area contributed by atoms with Crippen molar-refractivity contribution in [3.8, 4) is 0 Å². The number of anilines is 2. The van der Waals surface area contributed by atoms with E-state index >= 15 is 0 Å². The van der Waals surface area contributed by atoms with E-state index in [0.717, 1.165) is 38.0 Å². The third-order valence-electron chi connectivity index (χ3n) is 5.08. The fourth-order valence-corrected chi connectivity index (χ4v) is 3.52. The van der Waals surface area contributed by atoms with Crippen molar-refractivity contribution in [3.63, 3.8) is 0 Å². The Bertz CT molecular complexity index is 799. The monoisotopic (exact) mass is 379 g/mol. The number of nitrogens with zero attached hydrogens (tertiary/aromatic N) is 1. The Morgan fingerprint density at radius 3 is 2.46 bits per heavy atom. The molecule has 1 saturated heterocycles. The number of carbonyl (C=O) groups is 2. The number of rotatable bonds is 7. The molecular weight excluding hydrogens is 350 g/mol. The maximum atomic E-state index is 13.0. The van der Waals surface area contributed by atoms with Crippen LogP contribution in [-0.4, -0.2) is 31.4 Å². The molecule has 0 atom stereocenters. The third kappa shape index (κ3) is 5.35. The van der Waals surface area contributed by atoms with Gasteiger partial charge in [-0.1, -0.05) is 37.3 Å². The number of amides is 2. The van der Waals surface area contributed by atoms with Gasteiger partial charge in [0.15, 0.2) is 0 Å². The lowest BCUT2D eigenvalue weighted by Crippen LogP contribution is -2.33. The largest absolute Gasteiger partial charge is 0.371 e. The summed E-state index contributed by atoms with van der Waals surface area (Å²) in [5.41, 5.74) is 3.44. The van der Waals surface area contributed by atoms with Gasteiger partial charge in [-0.3, -0.25) is 9.59 Å². The van der Waals surface area contributed by atoms with Crippen LogP contribution in [0.5, 0.6) is 0 Å². The number of piperidine rings is 1. The number of carbonyl (C=O) groups excluding carboxylic acids is 2. The van der Waals surface area contributed by atoms with Crippen molar-refractivity contribution in [3.05, 3.63) is 59.7 Å². The van der Waals surface area contributed by atoms with Crippen LogP contribution in [0.4, 0.5) is 11.4 Å². The summed E-state index contributed by atoms with van der Waals surface area (Å²) in [6.45, 7) is 4.32. The van der Waals surface area contributed by atoms with Crippen molar-refractivity contribution >= 4 is 23.2 Å². The van der Waals surface area contributed by atoms with E-state index in [4.69, 9.17) is 0 Å². The molecule has 0 aromatic heterocycles. The van der Waals surface area contributed by atoms with Gasteiger partial charge >= 0.3 is 0 Å². The van der Waals surface area contributed by atoms with Crippen molar-refractivity contribution in [1.29, 1.82) is 0 Å². The Morgan fingerprint density at radius 1 is 1.00 bits per heavy atom. The second kappa shape index (κ2) is 9.93. The highest BCUT2D eigenvalue weighted by Gasteiger charge is 2.19. The Labute approximate surface area is 167 Å². The maximum absolute atomic E-state index is 13.0. The quantitative estimate of drug-likeness (QED) is 0.764. The minimum absolute atomic E-state index is 0.0545. The van der Waals surface area contributed by atoms with E-state index in [0.29, 0.717) is 24.2 Å². The molecule has 0 spiro atoms. The molecule has 0 unspecified atom stereocenters. The van der Waals surface area contributed by atoms with Crippen LogP contribution in [0, 0.1) is 0 Å². The third-order valence-corrected chi connectivity index (χ3v) is 5.08. The van der Waals surface area contributed by atoms with Crippen LogP contribution >= 0.6 is 0 Å². The Morgan fingerprint density at radius 2 is 1.75 bits per heavy atom. The fourth-order valence-electron chi connectivity index (χ4n) is 3.52. The summed E-state index contributed by atoms with van der Waals surface area (Å²) in [4.78, 5) is 27.0. The molecule has 2 aromatic rings. The summed E-state index contributed by atoms with van der Waals surface area (Å²) in [7, 11) is 0. The van der Waals surface area contributed by atoms with E-state index in [-0.39, 0.29) is 11.8 Å². The predicted octanol–water partition coefficient (Wildman–Crippen LogP) is 4.00. The van der Waals surface area contributed by atoms with Crippen molar-refractivity contribution in [2.75, 3.05) is 29.9 Å². The molecule has 5 heteroatoms. The lowest BCUT2D eigenvalue weighted by Gasteiger charge is -2.30. The molecule has 1 aliphatic rings. The van der Waals surface area contributed by atoms with Crippen LogP contribution in [0.2, 0.25) is 0 Å². The van der Waals surface area contributed by atoms with Gasteiger partial charge in [0, 0.05) is 37.4 Å². The summed E-state index contributed by atoms with van der Waals surface area (Å²) in [5, 5.41) is 5.90. The molecule has 3 rings (SSSR count). The van der Waals surface area contributed by atoms with Gasteiger partial charge < -0.3 is 15.5 Å². The lowest BCUT2D eigenvalue weighted by molar-refractivity contribution is -0.115. The topological polar surface area (TPSA) is 61.4 Å². The minimum Gasteiger partial charge on any atom is -0.371 e. The van der Waals surface area contributed by atoms with Crippen molar-refractivity contribution in [1.82, 2.24) is 5.32 Å². The summed E-state index contributed by atoms with van der Waals surface area (Å²) < 4.78 is 0. The number of nitrogens with one attached hydrogen (secondary N) is 2. The van der Waals surface area contributed by atoms with Crippen LogP contribution in [0.3, 0.4) is 0 Å². The summed E-state index contributed by atoms with van der Waals surface area (Å²) in [6.07, 6.45) is 4.72. The first-order chi connectivity index (χ1) is 13.7. The van der Waals surface area contributed by atoms with E-state index in [9.17, 15) is 9.59 Å². The minimum atomic E-state index is -0.0934. The second-order valence-electron chi connectivity index (χ2n) is 7.17. The van der Waals surface area contributed by atoms with E-state index in [1.54, 1.807) is 6.07 Å². The average molecular weight is 380 g/mol. The molecule has 5 nitrogen and oxygen atoms in total. The van der Waals surface area contributed by atoms with Crippen molar-refractivity contribution in [2.45, 2.75) is 39.0 Å². The highest BCUT2D eigenvalue weighted by atomic mass is 16.2. The molecule has 1 fully saturated rings. The standard InChI is InChI=1S/C23H29N3O2/c1-2-22(27)25-19-11-12-21(26-15-7-4-8-16-26)20(17-19)23(28)24-14-13-18-9-5-3-6-10-18/h3,5-6,9-12,17H,2,4,7-8,13-16H2,1H3,(H,24,28)(H,25,27). The Balaban J connectivity index is 1.75. The van der Waals surface area contributed by atoms with Crippen LogP contribution in [0.15, 0.2) is 48.5 Å². The summed E-state index contributed by atoms with van der Waals surface area (Å²) >= 11 is 0. The van der Waals surface area contributed by atoms with Crippen LogP contribution in [-0.2, 0) is 11.2 Å². The van der Waals surface area contributed by atoms with Crippen molar-refractivity contribution < 1.29 is 9.59 Å². The smallest absolute Gasteiger partial charge is 0.253 e. The molecular formula is C23H29N3O2. The van der Waals surface area contributed by atoms with Gasteiger partial charge in [-0.15, -0.1) is 0 Å². The van der Waals surface area contributed by atoms with Gasteiger partial charge in [0.05, 0.1) is 5.56 Å². The molecule has 0 bridgehead atoms. The van der Waals surface area contributed by atoms with E-state index < -0.39 is 0 Å². The van der Waals surface area contributed by atoms with Gasteiger partial charge in [-0.05, 0) is 49.4 Å². The van der Waals surface area contributed by atoms with Crippen LogP contribution < -0.4 is 15.5 Å². The molecule has 2 amide bonds. The first kappa shape index (κ1) is 19.9. The van der Waals surface area contributed by atoms with E-state index in [1.165, 1.54) is 12.0 Å². The first-order valence-electron chi connectivity index (χ1n) is 10.2. The Hall–Kier alpha value is -2.82. The molecule has 0 radical (unpaired) electrons. The Kier molecular flexibility index (Phi) is 7.06. The van der Waals surface area contributed by atoms with Crippen molar-refractivity contribution in [2.24, 2.45) is 0 Å². The zero-order chi connectivity index (χ0) is 19.8. The van der Waals surface area contributed by atoms with Gasteiger partial charge in [-0.2, -0.15) is 0 Å². The molecule has 28 heavy (non-hydrogen) atoms. The SMILES string of the molecule is CCC(=O)Nc1ccc(N2CCCCC2)c(C(=O)NCCc2ccccc2)c1. The van der Waals surface area contributed by atoms with Gasteiger partial charge in [-0.25, -0.2) is 0 Å². The van der Waals surface area contributed by atoms with E-state index in [2.05, 4.69) is 27.7 Å². The number of hydrogen-bond donors (Lipinski definition) is 2. The molecule has 1 heterocycles. The fraction of sp³-hybridized carbons (Fsp3) is 0.391. The molecule has 2 aromatic carbocycles. The second-order valence-corrected chi connectivity index (χ2v) is 7.17. The highest BCUT2D eigenvalue weighted by Crippen LogP contribution is 2.27. The molecule has 0 saturated carbocycles. The molecule has 1 aliphatic heterocycles. The zero-order valence-corrected chi connectivity index (χ0v) is 16.5. The van der Waals surface area contributed by atoms with E-state index in [1.807, 2.05) is 37.3 Å². The van der Waals surface area contributed by atoms with Crippen LogP contribution in [0.1, 0.15) is 48.5 Å². The van der Waals surface area contributed by atoms with Gasteiger partial charge in [0.25, 0.3) is 5.91 Å². The maximum Gasteiger partial charge on any atom is 0.253 e. The molecule has 2 N–H and O–H groups in total. The number of benzene rings is 2. The summed E-state index contributed by atoms with van der Waals surface area (Å²) in [6, 6.07) is 15.8. The molecule has 148 valence electrons. The highest BCUT2D eigenvalue weighted by molar-refractivity contribution is 6.02. The molecule has 0 aliphatic carbocycles. The van der Waals surface area contributed by atoms with Gasteiger partial charge in [0.2, 0.25) is 5.91 Å². The normalized spacial score (nSPS) is 13.8. The average Bonchev–Trinajstić information content (AvgIpc) is 2.75. The summed E-state index contributed by atoms with van der Waals surface area (Å²) in [5.74, 6) is -0.148.